The molecule has 0 aliphatic carbocycles. The molecule has 2 aliphatic heterocycles. The smallest absolute Gasteiger partial charge is 0.408 e. The molecule has 1 saturated heterocycles. The highest BCUT2D eigenvalue weighted by Gasteiger charge is 2.48. The van der Waals surface area contributed by atoms with Crippen molar-refractivity contribution in [3.63, 3.8) is 0 Å². The van der Waals surface area contributed by atoms with Crippen LogP contribution in [0.4, 0.5) is 4.79 Å². The summed E-state index contributed by atoms with van der Waals surface area (Å²) in [5.74, 6) is -1.68. The predicted octanol–water partition coefficient (Wildman–Crippen LogP) is 0.645. The second kappa shape index (κ2) is 6.80. The average molecular weight is 340 g/mol. The van der Waals surface area contributed by atoms with E-state index in [1.807, 2.05) is 0 Å². The van der Waals surface area contributed by atoms with Crippen molar-refractivity contribution in [3.8, 4) is 0 Å². The van der Waals surface area contributed by atoms with Gasteiger partial charge >= 0.3 is 12.1 Å². The van der Waals surface area contributed by atoms with Gasteiger partial charge in [0.25, 0.3) is 0 Å². The summed E-state index contributed by atoms with van der Waals surface area (Å²) in [5.41, 5.74) is -0.708. The number of rotatable bonds is 2. The first-order chi connectivity index (χ1) is 11.1. The van der Waals surface area contributed by atoms with E-state index >= 15 is 0 Å². The molecule has 3 N–H and O–H groups in total. The first-order valence-corrected chi connectivity index (χ1v) is 7.97. The molecule has 0 bridgehead atoms. The van der Waals surface area contributed by atoms with Gasteiger partial charge in [0.15, 0.2) is 0 Å². The minimum Gasteiger partial charge on any atom is -0.480 e. The third-order valence-corrected chi connectivity index (χ3v) is 4.05. The van der Waals surface area contributed by atoms with Crippen LogP contribution in [0.15, 0.2) is 12.2 Å². The number of carbonyl (C=O) groups excluding carboxylic acids is 2. The second-order valence-corrected chi connectivity index (χ2v) is 7.11. The van der Waals surface area contributed by atoms with E-state index < -0.39 is 47.8 Å². The predicted molar refractivity (Wildman–Crippen MR) is 84.2 cm³/mol. The van der Waals surface area contributed by atoms with E-state index in [-0.39, 0.29) is 12.8 Å². The van der Waals surface area contributed by atoms with Crippen LogP contribution in [0.2, 0.25) is 0 Å². The number of carboxylic acid groups (broad SMARTS) is 1. The average Bonchev–Trinajstić information content (AvgIpc) is 2.74. The van der Waals surface area contributed by atoms with E-state index in [2.05, 4.69) is 5.32 Å². The second-order valence-electron chi connectivity index (χ2n) is 7.11. The number of amides is 2. The van der Waals surface area contributed by atoms with Gasteiger partial charge < -0.3 is 25.2 Å². The Morgan fingerprint density at radius 3 is 2.50 bits per heavy atom. The molecule has 0 spiro atoms. The quantitative estimate of drug-likeness (QED) is 0.636. The maximum Gasteiger partial charge on any atom is 0.408 e. The van der Waals surface area contributed by atoms with Crippen molar-refractivity contribution >= 4 is 18.0 Å². The Kier molecular flexibility index (Phi) is 5.17. The lowest BCUT2D eigenvalue weighted by Gasteiger charge is -2.33. The Morgan fingerprint density at radius 2 is 1.92 bits per heavy atom. The highest BCUT2D eigenvalue weighted by atomic mass is 16.6. The van der Waals surface area contributed by atoms with Crippen molar-refractivity contribution < 1.29 is 29.3 Å². The number of carboxylic acids is 1. The Bertz CT molecular complexity index is 553. The maximum atomic E-state index is 12.8. The maximum absolute atomic E-state index is 12.8. The lowest BCUT2D eigenvalue weighted by atomic mass is 10.0. The number of nitrogens with zero attached hydrogens (tertiary/aromatic N) is 1. The fraction of sp³-hybridized carbons (Fsp3) is 0.688. The molecule has 0 aromatic rings. The summed E-state index contributed by atoms with van der Waals surface area (Å²) in [5, 5.41) is 21.9. The van der Waals surface area contributed by atoms with Gasteiger partial charge in [-0.15, -0.1) is 0 Å². The zero-order chi connectivity index (χ0) is 18.1. The number of aliphatic carboxylic acids is 1. The summed E-state index contributed by atoms with van der Waals surface area (Å²) in [6.07, 6.45) is 2.51. The monoisotopic (exact) mass is 340 g/mol. The molecule has 2 aliphatic rings. The van der Waals surface area contributed by atoms with Gasteiger partial charge in [-0.05, 0) is 33.6 Å². The molecule has 2 amide bonds. The molecular formula is C16H24N2O6. The first kappa shape index (κ1) is 18.3. The molecule has 4 atom stereocenters. The van der Waals surface area contributed by atoms with Crippen LogP contribution in [0.5, 0.6) is 0 Å². The number of aliphatic hydroxyl groups is 1. The van der Waals surface area contributed by atoms with E-state index in [1.54, 1.807) is 32.9 Å². The third-order valence-electron chi connectivity index (χ3n) is 4.05. The first-order valence-electron chi connectivity index (χ1n) is 7.97. The van der Waals surface area contributed by atoms with Crippen molar-refractivity contribution in [3.05, 3.63) is 12.2 Å². The SMILES string of the molecule is CC(C)(C)OC(=O)N[C@H]1CC=CC[C@H]2[C@H](O)C[C@@H](C(=O)O)N2C1=O. The Morgan fingerprint density at radius 1 is 1.29 bits per heavy atom. The molecule has 1 fully saturated rings. The molecule has 0 aromatic carbocycles. The van der Waals surface area contributed by atoms with Gasteiger partial charge in [0, 0.05) is 6.42 Å². The fourth-order valence-electron chi connectivity index (χ4n) is 3.04. The zero-order valence-electron chi connectivity index (χ0n) is 14.1. The topological polar surface area (TPSA) is 116 Å². The minimum absolute atomic E-state index is 0.0151. The molecule has 2 rings (SSSR count). The summed E-state index contributed by atoms with van der Waals surface area (Å²) in [6.45, 7) is 5.12. The standard InChI is InChI=1S/C16H24N2O6/c1-16(2,3)24-15(23)17-9-6-4-5-7-10-12(19)8-11(14(21)22)18(10)13(9)20/h4-5,9-12,19H,6-8H2,1-3H3,(H,17,23)(H,21,22)/t9-,10-,11-,12+/m0/s1. The molecular weight excluding hydrogens is 316 g/mol. The highest BCUT2D eigenvalue weighted by molar-refractivity contribution is 5.90. The molecule has 8 nitrogen and oxygen atoms in total. The van der Waals surface area contributed by atoms with Crippen LogP contribution in [0.25, 0.3) is 0 Å². The normalized spacial score (nSPS) is 30.3. The molecule has 8 heteroatoms. The van der Waals surface area contributed by atoms with E-state index in [0.29, 0.717) is 6.42 Å². The van der Waals surface area contributed by atoms with Gasteiger partial charge in [-0.25, -0.2) is 9.59 Å². The summed E-state index contributed by atoms with van der Waals surface area (Å²) in [7, 11) is 0. The van der Waals surface area contributed by atoms with Crippen molar-refractivity contribution in [2.45, 2.75) is 69.9 Å². The van der Waals surface area contributed by atoms with Crippen LogP contribution in [-0.2, 0) is 14.3 Å². The zero-order valence-corrected chi connectivity index (χ0v) is 14.1. The molecule has 0 radical (unpaired) electrons. The van der Waals surface area contributed by atoms with Gasteiger partial charge in [-0.1, -0.05) is 12.2 Å². The van der Waals surface area contributed by atoms with Crippen molar-refractivity contribution in [2.75, 3.05) is 0 Å². The summed E-state index contributed by atoms with van der Waals surface area (Å²) in [6, 6.07) is -2.61. The fourth-order valence-corrected chi connectivity index (χ4v) is 3.04. The third kappa shape index (κ3) is 4.05. The molecule has 24 heavy (non-hydrogen) atoms. The van der Waals surface area contributed by atoms with Crippen LogP contribution >= 0.6 is 0 Å². The van der Waals surface area contributed by atoms with Crippen LogP contribution in [0.3, 0.4) is 0 Å². The van der Waals surface area contributed by atoms with E-state index in [9.17, 15) is 24.6 Å². The number of hydrogen-bond acceptors (Lipinski definition) is 5. The molecule has 134 valence electrons. The van der Waals surface area contributed by atoms with Crippen LogP contribution in [0, 0.1) is 0 Å². The summed E-state index contributed by atoms with van der Waals surface area (Å²) >= 11 is 0. The highest BCUT2D eigenvalue weighted by Crippen LogP contribution is 2.30. The lowest BCUT2D eigenvalue weighted by molar-refractivity contribution is -0.150. The van der Waals surface area contributed by atoms with Gasteiger partial charge in [-0.3, -0.25) is 4.79 Å². The van der Waals surface area contributed by atoms with Gasteiger partial charge in [0.1, 0.15) is 17.7 Å². The minimum atomic E-state index is -1.16. The lowest BCUT2D eigenvalue weighted by Crippen LogP contribution is -2.55. The Hall–Kier alpha value is -2.09. The molecule has 0 aromatic heterocycles. The summed E-state index contributed by atoms with van der Waals surface area (Å²) < 4.78 is 5.16. The van der Waals surface area contributed by atoms with Crippen molar-refractivity contribution in [1.82, 2.24) is 10.2 Å². The van der Waals surface area contributed by atoms with E-state index in [0.717, 1.165) is 0 Å². The summed E-state index contributed by atoms with van der Waals surface area (Å²) in [4.78, 5) is 37.4. The number of ether oxygens (including phenoxy) is 1. The van der Waals surface area contributed by atoms with Crippen molar-refractivity contribution in [1.29, 1.82) is 0 Å². The molecule has 0 unspecified atom stereocenters. The number of aliphatic hydroxyl groups excluding tert-OH is 1. The number of nitrogens with one attached hydrogen (secondary N) is 1. The largest absolute Gasteiger partial charge is 0.480 e. The molecule has 2 heterocycles. The Labute approximate surface area is 140 Å². The van der Waals surface area contributed by atoms with E-state index in [4.69, 9.17) is 4.74 Å². The number of hydrogen-bond donors (Lipinski definition) is 3. The van der Waals surface area contributed by atoms with E-state index in [1.165, 1.54) is 4.90 Å². The van der Waals surface area contributed by atoms with Gasteiger partial charge in [0.2, 0.25) is 5.91 Å². The molecule has 0 saturated carbocycles. The van der Waals surface area contributed by atoms with Crippen LogP contribution in [0.1, 0.15) is 40.0 Å². The Balaban J connectivity index is 2.20. The van der Waals surface area contributed by atoms with Crippen LogP contribution in [-0.4, -0.2) is 62.9 Å². The number of alkyl carbamates (subject to hydrolysis) is 1. The van der Waals surface area contributed by atoms with Gasteiger partial charge in [0.05, 0.1) is 12.1 Å². The van der Waals surface area contributed by atoms with Gasteiger partial charge in [-0.2, -0.15) is 0 Å². The number of carbonyl (C=O) groups is 3. The van der Waals surface area contributed by atoms with Crippen LogP contribution < -0.4 is 5.32 Å². The van der Waals surface area contributed by atoms with Crippen molar-refractivity contribution in [2.24, 2.45) is 0 Å². The number of fused-ring (bicyclic) bond motifs is 1.